The SMILES string of the molecule is CNC[Si](C)(C)CC(C)(C)CNC(=O)C(C(C)=O)C(=O)O.O=CO. The summed E-state index contributed by atoms with van der Waals surface area (Å²) in [6.45, 7) is 9.85. The topological polar surface area (TPSA) is 133 Å². The van der Waals surface area contributed by atoms with E-state index in [1.165, 1.54) is 0 Å². The summed E-state index contributed by atoms with van der Waals surface area (Å²) < 4.78 is 0. The van der Waals surface area contributed by atoms with Gasteiger partial charge in [0.15, 0.2) is 11.7 Å². The van der Waals surface area contributed by atoms with Crippen molar-refractivity contribution in [3.63, 3.8) is 0 Å². The summed E-state index contributed by atoms with van der Waals surface area (Å²) >= 11 is 0. The second-order valence-corrected chi connectivity index (χ2v) is 12.3. The van der Waals surface area contributed by atoms with Gasteiger partial charge in [0.1, 0.15) is 0 Å². The molecule has 8 nitrogen and oxygen atoms in total. The largest absolute Gasteiger partial charge is 0.483 e. The van der Waals surface area contributed by atoms with Gasteiger partial charge in [-0.05, 0) is 31.6 Å². The Morgan fingerprint density at radius 1 is 1.25 bits per heavy atom. The number of rotatable bonds is 9. The van der Waals surface area contributed by atoms with E-state index < -0.39 is 31.7 Å². The molecule has 1 unspecified atom stereocenters. The molecule has 0 saturated carbocycles. The highest BCUT2D eigenvalue weighted by atomic mass is 28.3. The molecule has 1 atom stereocenters. The molecule has 0 aliphatic rings. The lowest BCUT2D eigenvalue weighted by atomic mass is 9.95. The summed E-state index contributed by atoms with van der Waals surface area (Å²) in [5, 5.41) is 21.6. The van der Waals surface area contributed by atoms with Crippen molar-refractivity contribution in [2.75, 3.05) is 19.8 Å². The van der Waals surface area contributed by atoms with E-state index in [0.717, 1.165) is 19.1 Å². The molecule has 0 heterocycles. The van der Waals surface area contributed by atoms with Gasteiger partial charge in [-0.3, -0.25) is 19.2 Å². The zero-order valence-electron chi connectivity index (χ0n) is 15.3. The number of carboxylic acids is 1. The Balaban J connectivity index is 0. The van der Waals surface area contributed by atoms with Crippen molar-refractivity contribution in [1.29, 1.82) is 0 Å². The standard InChI is InChI=1S/C14H28N2O4Si.CH2O2/c1-10(17)11(13(19)20)12(18)16-7-14(2,3)8-21(5,6)9-15-4;2-1-3/h11,15H,7-9H2,1-6H3,(H,16,18)(H,19,20);1H,(H,2,3). The van der Waals surface area contributed by atoms with Crippen LogP contribution in [0.1, 0.15) is 20.8 Å². The van der Waals surface area contributed by atoms with Crippen molar-refractivity contribution >= 4 is 32.2 Å². The Hall–Kier alpha value is -1.74. The number of carbonyl (C=O) groups excluding carboxylic acids is 2. The third kappa shape index (κ3) is 10.9. The molecular weight excluding hydrogens is 332 g/mol. The van der Waals surface area contributed by atoms with Gasteiger partial charge in [0.05, 0.1) is 8.07 Å². The summed E-state index contributed by atoms with van der Waals surface area (Å²) in [5.74, 6) is -4.38. The molecule has 0 spiro atoms. The van der Waals surface area contributed by atoms with Crippen LogP contribution in [0.4, 0.5) is 0 Å². The minimum Gasteiger partial charge on any atom is -0.483 e. The lowest BCUT2D eigenvalue weighted by Crippen LogP contribution is -2.47. The van der Waals surface area contributed by atoms with Gasteiger partial charge >= 0.3 is 5.97 Å². The number of nitrogens with one attached hydrogen (secondary N) is 2. The first-order valence-electron chi connectivity index (χ1n) is 7.57. The fourth-order valence-electron chi connectivity index (χ4n) is 2.80. The van der Waals surface area contributed by atoms with Crippen LogP contribution in [0.2, 0.25) is 19.1 Å². The Morgan fingerprint density at radius 2 is 1.71 bits per heavy atom. The summed E-state index contributed by atoms with van der Waals surface area (Å²) in [6, 6.07) is 0.985. The van der Waals surface area contributed by atoms with Crippen molar-refractivity contribution in [2.24, 2.45) is 11.3 Å². The quantitative estimate of drug-likeness (QED) is 0.268. The van der Waals surface area contributed by atoms with Gasteiger partial charge in [0.2, 0.25) is 5.91 Å². The zero-order chi connectivity index (χ0) is 19.6. The van der Waals surface area contributed by atoms with Crippen LogP contribution >= 0.6 is 0 Å². The monoisotopic (exact) mass is 362 g/mol. The van der Waals surface area contributed by atoms with E-state index in [1.54, 1.807) is 0 Å². The number of aliphatic carboxylic acids is 1. The van der Waals surface area contributed by atoms with E-state index in [9.17, 15) is 14.4 Å². The Kier molecular flexibility index (Phi) is 11.2. The Morgan fingerprint density at radius 3 is 2.04 bits per heavy atom. The van der Waals surface area contributed by atoms with Gasteiger partial charge in [-0.25, -0.2) is 0 Å². The minimum absolute atomic E-state index is 0.137. The minimum atomic E-state index is -1.61. The van der Waals surface area contributed by atoms with Crippen molar-refractivity contribution in [2.45, 2.75) is 39.9 Å². The molecule has 0 aromatic rings. The average molecular weight is 362 g/mol. The first-order chi connectivity index (χ1) is 10.8. The van der Waals surface area contributed by atoms with Crippen LogP contribution in [0, 0.1) is 11.3 Å². The molecule has 4 N–H and O–H groups in total. The second-order valence-electron chi connectivity index (χ2n) is 7.24. The lowest BCUT2D eigenvalue weighted by Gasteiger charge is -2.34. The summed E-state index contributed by atoms with van der Waals surface area (Å²) in [6.07, 6.45) is 0.982. The highest BCUT2D eigenvalue weighted by Gasteiger charge is 2.34. The Labute approximate surface area is 144 Å². The molecule has 0 aliphatic carbocycles. The fourth-order valence-corrected chi connectivity index (χ4v) is 6.60. The molecule has 0 fully saturated rings. The molecule has 0 aromatic heterocycles. The molecule has 9 heteroatoms. The molecule has 0 saturated heterocycles. The molecule has 24 heavy (non-hydrogen) atoms. The highest BCUT2D eigenvalue weighted by Crippen LogP contribution is 2.27. The molecule has 0 bridgehead atoms. The predicted octanol–water partition coefficient (Wildman–Crippen LogP) is 0.586. The maximum absolute atomic E-state index is 11.9. The number of hydrogen-bond donors (Lipinski definition) is 4. The average Bonchev–Trinajstić information content (AvgIpc) is 2.35. The number of amides is 1. The lowest BCUT2D eigenvalue weighted by molar-refractivity contribution is -0.150. The maximum Gasteiger partial charge on any atom is 0.323 e. The van der Waals surface area contributed by atoms with E-state index in [-0.39, 0.29) is 11.9 Å². The van der Waals surface area contributed by atoms with E-state index in [4.69, 9.17) is 15.0 Å². The van der Waals surface area contributed by atoms with Crippen LogP contribution in [0.3, 0.4) is 0 Å². The van der Waals surface area contributed by atoms with E-state index in [1.807, 2.05) is 20.9 Å². The van der Waals surface area contributed by atoms with Crippen LogP contribution in [0.25, 0.3) is 0 Å². The highest BCUT2D eigenvalue weighted by molar-refractivity contribution is 6.77. The molecule has 0 rings (SSSR count). The van der Waals surface area contributed by atoms with Crippen LogP contribution in [-0.2, 0) is 19.2 Å². The Bertz CT molecular complexity index is 437. The van der Waals surface area contributed by atoms with Crippen molar-refractivity contribution in [3.8, 4) is 0 Å². The third-order valence-electron chi connectivity index (χ3n) is 3.27. The normalized spacial score (nSPS) is 12.4. The zero-order valence-corrected chi connectivity index (χ0v) is 16.3. The van der Waals surface area contributed by atoms with Gasteiger partial charge in [0, 0.05) is 6.54 Å². The van der Waals surface area contributed by atoms with Crippen molar-refractivity contribution in [3.05, 3.63) is 0 Å². The van der Waals surface area contributed by atoms with E-state index in [2.05, 4.69) is 23.7 Å². The summed E-state index contributed by atoms with van der Waals surface area (Å²) in [5.41, 5.74) is -0.137. The molecule has 140 valence electrons. The number of hydrogen-bond acceptors (Lipinski definition) is 5. The van der Waals surface area contributed by atoms with E-state index in [0.29, 0.717) is 6.54 Å². The first-order valence-corrected chi connectivity index (χ1v) is 11.0. The molecule has 0 radical (unpaired) electrons. The number of carboxylic acid groups (broad SMARTS) is 2. The van der Waals surface area contributed by atoms with Crippen LogP contribution < -0.4 is 10.6 Å². The summed E-state index contributed by atoms with van der Waals surface area (Å²) in [7, 11) is 0.497. The molecule has 1 amide bonds. The van der Waals surface area contributed by atoms with Crippen LogP contribution in [0.15, 0.2) is 0 Å². The van der Waals surface area contributed by atoms with E-state index >= 15 is 0 Å². The van der Waals surface area contributed by atoms with Gasteiger partial charge in [-0.2, -0.15) is 0 Å². The molecule has 0 aliphatic heterocycles. The van der Waals surface area contributed by atoms with Gasteiger partial charge in [0.25, 0.3) is 6.47 Å². The van der Waals surface area contributed by atoms with Gasteiger partial charge in [-0.15, -0.1) is 0 Å². The van der Waals surface area contributed by atoms with Crippen LogP contribution in [-0.4, -0.2) is 62.2 Å². The second kappa shape index (κ2) is 10.9. The van der Waals surface area contributed by atoms with Crippen LogP contribution in [0.5, 0.6) is 0 Å². The molecule has 0 aromatic carbocycles. The summed E-state index contributed by atoms with van der Waals surface area (Å²) in [4.78, 5) is 42.4. The van der Waals surface area contributed by atoms with Crippen molar-refractivity contribution in [1.82, 2.24) is 10.6 Å². The smallest absolute Gasteiger partial charge is 0.323 e. The number of ketones is 1. The first kappa shape index (κ1) is 24.5. The van der Waals surface area contributed by atoms with Gasteiger partial charge < -0.3 is 20.8 Å². The van der Waals surface area contributed by atoms with Gasteiger partial charge in [-0.1, -0.05) is 26.9 Å². The fraction of sp³-hybridized carbons (Fsp3) is 0.733. The van der Waals surface area contributed by atoms with Crippen molar-refractivity contribution < 1.29 is 29.4 Å². The maximum atomic E-state index is 11.9. The number of Topliss-reactive ketones (excluding diaryl/α,β-unsaturated/α-hetero) is 1. The number of carbonyl (C=O) groups is 4. The molecular formula is C15H30N2O6Si. The third-order valence-corrected chi connectivity index (χ3v) is 6.49. The predicted molar refractivity (Wildman–Crippen MR) is 93.5 cm³/mol.